The summed E-state index contributed by atoms with van der Waals surface area (Å²) in [6.45, 7) is 16.3. The molecule has 0 bridgehead atoms. The average Bonchev–Trinajstić information content (AvgIpc) is 3.20. The SMILES string of the molecule is CC=CC1=C(C)CN(c2ncnc3ccc(-c4cnc5c(c4)nc(C)n5COCC[Si](C)(C)C)nc23)CC1. The van der Waals surface area contributed by atoms with E-state index in [9.17, 15) is 0 Å². The molecule has 0 aromatic carbocycles. The van der Waals surface area contributed by atoms with E-state index in [1.165, 1.54) is 11.1 Å². The van der Waals surface area contributed by atoms with Gasteiger partial charge in [-0.15, -0.1) is 0 Å². The second-order valence-corrected chi connectivity index (χ2v) is 16.9. The molecule has 0 aliphatic carbocycles. The third-order valence-corrected chi connectivity index (χ3v) is 8.75. The summed E-state index contributed by atoms with van der Waals surface area (Å²) >= 11 is 0. The summed E-state index contributed by atoms with van der Waals surface area (Å²) in [5.41, 5.74) is 7.84. The second-order valence-electron chi connectivity index (χ2n) is 11.2. The Kier molecular flexibility index (Phi) is 7.40. The Hall–Kier alpha value is -3.43. The highest BCUT2D eigenvalue weighted by atomic mass is 28.3. The van der Waals surface area contributed by atoms with Crippen LogP contribution < -0.4 is 4.90 Å². The lowest BCUT2D eigenvalue weighted by Crippen LogP contribution is -2.31. The number of imidazole rings is 1. The maximum atomic E-state index is 5.98. The molecule has 5 heterocycles. The fourth-order valence-electron chi connectivity index (χ4n) is 4.82. The van der Waals surface area contributed by atoms with Crippen LogP contribution in [0.2, 0.25) is 25.7 Å². The first-order valence-corrected chi connectivity index (χ1v) is 17.0. The number of fused-ring (bicyclic) bond motifs is 2. The Morgan fingerprint density at radius 3 is 2.66 bits per heavy atom. The number of ether oxygens (including phenoxy) is 1. The van der Waals surface area contributed by atoms with Gasteiger partial charge in [0.05, 0.1) is 11.2 Å². The zero-order valence-corrected chi connectivity index (χ0v) is 24.3. The van der Waals surface area contributed by atoms with Crippen molar-refractivity contribution in [2.24, 2.45) is 0 Å². The van der Waals surface area contributed by atoms with Gasteiger partial charge in [-0.3, -0.25) is 4.57 Å². The summed E-state index contributed by atoms with van der Waals surface area (Å²) < 4.78 is 8.02. The highest BCUT2D eigenvalue weighted by Gasteiger charge is 2.20. The molecule has 5 rings (SSSR count). The molecule has 1 aliphatic heterocycles. The first-order chi connectivity index (χ1) is 18.2. The molecule has 0 saturated carbocycles. The number of nitrogens with zero attached hydrogens (tertiary/aromatic N) is 7. The third-order valence-electron chi connectivity index (χ3n) is 7.05. The molecule has 8 nitrogen and oxygen atoms in total. The zero-order valence-electron chi connectivity index (χ0n) is 23.3. The lowest BCUT2D eigenvalue weighted by molar-refractivity contribution is 0.0881. The molecule has 0 fully saturated rings. The monoisotopic (exact) mass is 527 g/mol. The number of hydrogen-bond donors (Lipinski definition) is 0. The predicted octanol–water partition coefficient (Wildman–Crippen LogP) is 6.16. The minimum Gasteiger partial charge on any atom is -0.361 e. The maximum absolute atomic E-state index is 5.98. The number of allylic oxidation sites excluding steroid dienone is 2. The van der Waals surface area contributed by atoms with Gasteiger partial charge in [-0.05, 0) is 57.0 Å². The van der Waals surface area contributed by atoms with Crippen molar-refractivity contribution in [2.75, 3.05) is 24.6 Å². The third kappa shape index (κ3) is 5.54. The number of aromatic nitrogens is 6. The molecule has 1 aliphatic rings. The van der Waals surface area contributed by atoms with E-state index in [4.69, 9.17) is 19.7 Å². The Morgan fingerprint density at radius 1 is 1.05 bits per heavy atom. The van der Waals surface area contributed by atoms with Crippen LogP contribution >= 0.6 is 0 Å². The Balaban J connectivity index is 1.43. The molecule has 0 amide bonds. The van der Waals surface area contributed by atoms with Gasteiger partial charge in [0.1, 0.15) is 29.9 Å². The minimum absolute atomic E-state index is 0.466. The highest BCUT2D eigenvalue weighted by molar-refractivity contribution is 6.76. The van der Waals surface area contributed by atoms with Gasteiger partial charge in [-0.2, -0.15) is 0 Å². The molecule has 0 N–H and O–H groups in total. The maximum Gasteiger partial charge on any atom is 0.161 e. The van der Waals surface area contributed by atoms with Gasteiger partial charge in [0.15, 0.2) is 11.5 Å². The highest BCUT2D eigenvalue weighted by Crippen LogP contribution is 2.30. The van der Waals surface area contributed by atoms with Crippen molar-refractivity contribution < 1.29 is 4.74 Å². The standard InChI is InChI=1S/C29H37N7OSi/c1-7-8-22-11-12-35(17-20(22)2)29-27-25(31-18-32-29)10-9-24(34-27)23-15-26-28(30-16-23)36(21(3)33-26)19-37-13-14-38(4,5)6/h7-10,15-16,18H,11-14,17,19H2,1-6H3. The number of pyridine rings is 2. The van der Waals surface area contributed by atoms with E-state index in [2.05, 4.69) is 66.6 Å². The number of anilines is 1. The van der Waals surface area contributed by atoms with Crippen LogP contribution in [0.4, 0.5) is 5.82 Å². The summed E-state index contributed by atoms with van der Waals surface area (Å²) in [5.74, 6) is 1.77. The quantitative estimate of drug-likeness (QED) is 0.200. The lowest BCUT2D eigenvalue weighted by Gasteiger charge is -2.30. The normalized spacial score (nSPS) is 14.9. The van der Waals surface area contributed by atoms with Crippen molar-refractivity contribution in [3.63, 3.8) is 0 Å². The van der Waals surface area contributed by atoms with Gasteiger partial charge < -0.3 is 9.64 Å². The molecule has 198 valence electrons. The van der Waals surface area contributed by atoms with Gasteiger partial charge >= 0.3 is 0 Å². The molecule has 0 saturated heterocycles. The van der Waals surface area contributed by atoms with E-state index in [0.717, 1.165) is 77.3 Å². The Bertz CT molecular complexity index is 1530. The summed E-state index contributed by atoms with van der Waals surface area (Å²) in [6, 6.07) is 7.21. The van der Waals surface area contributed by atoms with Gasteiger partial charge in [0.2, 0.25) is 0 Å². The Morgan fingerprint density at radius 2 is 1.89 bits per heavy atom. The molecule has 9 heteroatoms. The van der Waals surface area contributed by atoms with E-state index < -0.39 is 8.07 Å². The lowest BCUT2D eigenvalue weighted by atomic mass is 10.0. The molecule has 0 spiro atoms. The average molecular weight is 528 g/mol. The fraction of sp³-hybridized carbons (Fsp3) is 0.414. The van der Waals surface area contributed by atoms with Crippen LogP contribution in [0.25, 0.3) is 33.5 Å². The van der Waals surface area contributed by atoms with Crippen LogP contribution in [0.3, 0.4) is 0 Å². The number of rotatable bonds is 8. The molecular formula is C29H37N7OSi. The largest absolute Gasteiger partial charge is 0.361 e. The smallest absolute Gasteiger partial charge is 0.161 e. The van der Waals surface area contributed by atoms with Crippen molar-refractivity contribution in [1.82, 2.24) is 29.5 Å². The van der Waals surface area contributed by atoms with Crippen molar-refractivity contribution in [2.45, 2.75) is 59.6 Å². The first-order valence-electron chi connectivity index (χ1n) is 13.3. The molecule has 38 heavy (non-hydrogen) atoms. The van der Waals surface area contributed by atoms with Crippen LogP contribution in [0.1, 0.15) is 26.1 Å². The van der Waals surface area contributed by atoms with Crippen LogP contribution in [0.15, 0.2) is 54.0 Å². The summed E-state index contributed by atoms with van der Waals surface area (Å²) in [4.78, 5) is 26.0. The number of hydrogen-bond acceptors (Lipinski definition) is 7. The first kappa shape index (κ1) is 26.2. The van der Waals surface area contributed by atoms with Gasteiger partial charge in [-0.1, -0.05) is 37.4 Å². The van der Waals surface area contributed by atoms with Crippen molar-refractivity contribution in [1.29, 1.82) is 0 Å². The van der Waals surface area contributed by atoms with Gasteiger partial charge in [0, 0.05) is 39.5 Å². The second kappa shape index (κ2) is 10.7. The molecule has 0 radical (unpaired) electrons. The molecular weight excluding hydrogens is 490 g/mol. The Labute approximate surface area is 225 Å². The molecule has 0 atom stereocenters. The fourth-order valence-corrected chi connectivity index (χ4v) is 5.57. The predicted molar refractivity (Wildman–Crippen MR) is 157 cm³/mol. The van der Waals surface area contributed by atoms with Crippen LogP contribution in [-0.4, -0.2) is 57.3 Å². The summed E-state index contributed by atoms with van der Waals surface area (Å²) in [5, 5.41) is 0. The summed E-state index contributed by atoms with van der Waals surface area (Å²) in [6.07, 6.45) is 8.82. The van der Waals surface area contributed by atoms with Crippen molar-refractivity contribution in [3.8, 4) is 11.3 Å². The number of aryl methyl sites for hydroxylation is 1. The summed E-state index contributed by atoms with van der Waals surface area (Å²) in [7, 11) is -1.13. The van der Waals surface area contributed by atoms with Crippen molar-refractivity contribution >= 4 is 36.1 Å². The van der Waals surface area contributed by atoms with Crippen molar-refractivity contribution in [3.05, 3.63) is 59.8 Å². The van der Waals surface area contributed by atoms with Gasteiger partial charge in [-0.25, -0.2) is 24.9 Å². The van der Waals surface area contributed by atoms with E-state index in [1.54, 1.807) is 6.33 Å². The van der Waals surface area contributed by atoms with E-state index >= 15 is 0 Å². The topological polar surface area (TPSA) is 81.9 Å². The van der Waals surface area contributed by atoms with Crippen LogP contribution in [0.5, 0.6) is 0 Å². The van der Waals surface area contributed by atoms with E-state index in [-0.39, 0.29) is 0 Å². The van der Waals surface area contributed by atoms with E-state index in [1.807, 2.05) is 29.8 Å². The minimum atomic E-state index is -1.13. The molecule has 0 unspecified atom stereocenters. The molecule has 4 aromatic rings. The van der Waals surface area contributed by atoms with Gasteiger partial charge in [0.25, 0.3) is 0 Å². The van der Waals surface area contributed by atoms with Crippen LogP contribution in [-0.2, 0) is 11.5 Å². The van der Waals surface area contributed by atoms with Crippen LogP contribution in [0, 0.1) is 6.92 Å². The molecule has 4 aromatic heterocycles. The zero-order chi connectivity index (χ0) is 26.9. The van der Waals surface area contributed by atoms with E-state index in [0.29, 0.717) is 6.73 Å².